The van der Waals surface area contributed by atoms with Crippen molar-refractivity contribution < 1.29 is 4.79 Å². The molecule has 0 amide bonds. The number of pyridine rings is 1. The fourth-order valence-electron chi connectivity index (χ4n) is 1.74. The number of ketones is 1. The standard InChI is InChI=1S/C10H11NO/c1-7-4-8-6-11-3-2-9(8)10(12)5-7/h2-3,6-7H,4-5H2,1H3. The van der Waals surface area contributed by atoms with E-state index in [1.807, 2.05) is 12.3 Å². The summed E-state index contributed by atoms with van der Waals surface area (Å²) in [6.45, 7) is 2.10. The van der Waals surface area contributed by atoms with E-state index in [1.54, 1.807) is 6.20 Å². The van der Waals surface area contributed by atoms with Gasteiger partial charge in [-0.2, -0.15) is 0 Å². The van der Waals surface area contributed by atoms with Crippen LogP contribution in [-0.4, -0.2) is 10.8 Å². The molecule has 1 atom stereocenters. The van der Waals surface area contributed by atoms with Crippen LogP contribution in [0.1, 0.15) is 29.3 Å². The number of fused-ring (bicyclic) bond motifs is 1. The van der Waals surface area contributed by atoms with Gasteiger partial charge in [0.25, 0.3) is 0 Å². The van der Waals surface area contributed by atoms with Gasteiger partial charge in [0.05, 0.1) is 0 Å². The number of hydrogen-bond acceptors (Lipinski definition) is 2. The van der Waals surface area contributed by atoms with Crippen LogP contribution in [-0.2, 0) is 6.42 Å². The second-order valence-electron chi connectivity index (χ2n) is 3.47. The van der Waals surface area contributed by atoms with Crippen molar-refractivity contribution in [1.29, 1.82) is 0 Å². The molecule has 2 nitrogen and oxygen atoms in total. The van der Waals surface area contributed by atoms with E-state index in [0.717, 1.165) is 17.5 Å². The molecule has 1 unspecified atom stereocenters. The van der Waals surface area contributed by atoms with E-state index in [1.165, 1.54) is 0 Å². The molecule has 0 saturated heterocycles. The maximum atomic E-state index is 11.5. The van der Waals surface area contributed by atoms with Gasteiger partial charge in [-0.15, -0.1) is 0 Å². The molecule has 0 fully saturated rings. The molecule has 0 radical (unpaired) electrons. The summed E-state index contributed by atoms with van der Waals surface area (Å²) in [7, 11) is 0. The number of rotatable bonds is 0. The minimum atomic E-state index is 0.270. The molecule has 1 aromatic rings. The van der Waals surface area contributed by atoms with Crippen molar-refractivity contribution in [2.75, 3.05) is 0 Å². The maximum absolute atomic E-state index is 11.5. The van der Waals surface area contributed by atoms with Gasteiger partial charge in [-0.25, -0.2) is 0 Å². The van der Waals surface area contributed by atoms with Crippen molar-refractivity contribution >= 4 is 5.78 Å². The molecule has 0 spiro atoms. The van der Waals surface area contributed by atoms with E-state index in [9.17, 15) is 4.79 Å². The van der Waals surface area contributed by atoms with E-state index in [0.29, 0.717) is 12.3 Å². The smallest absolute Gasteiger partial charge is 0.163 e. The maximum Gasteiger partial charge on any atom is 0.163 e. The van der Waals surface area contributed by atoms with Crippen LogP contribution in [0.4, 0.5) is 0 Å². The highest BCUT2D eigenvalue weighted by Gasteiger charge is 2.21. The Morgan fingerprint density at radius 3 is 3.17 bits per heavy atom. The first-order chi connectivity index (χ1) is 5.77. The van der Waals surface area contributed by atoms with Crippen LogP contribution in [0.15, 0.2) is 18.5 Å². The van der Waals surface area contributed by atoms with Crippen LogP contribution < -0.4 is 0 Å². The van der Waals surface area contributed by atoms with E-state index < -0.39 is 0 Å². The minimum Gasteiger partial charge on any atom is -0.294 e. The minimum absolute atomic E-state index is 0.270. The van der Waals surface area contributed by atoms with Crippen LogP contribution in [0, 0.1) is 5.92 Å². The molecule has 62 valence electrons. The molecule has 0 N–H and O–H groups in total. The summed E-state index contributed by atoms with van der Waals surface area (Å²) in [5, 5.41) is 0. The molecule has 0 saturated carbocycles. The zero-order chi connectivity index (χ0) is 8.55. The van der Waals surface area contributed by atoms with Gasteiger partial charge in [0.1, 0.15) is 0 Å². The molecule has 1 aliphatic rings. The number of aromatic nitrogens is 1. The van der Waals surface area contributed by atoms with Crippen molar-refractivity contribution in [3.05, 3.63) is 29.6 Å². The van der Waals surface area contributed by atoms with E-state index in [2.05, 4.69) is 11.9 Å². The van der Waals surface area contributed by atoms with Crippen LogP contribution in [0.5, 0.6) is 0 Å². The van der Waals surface area contributed by atoms with Crippen molar-refractivity contribution in [2.24, 2.45) is 5.92 Å². The summed E-state index contributed by atoms with van der Waals surface area (Å²) in [5.74, 6) is 0.750. The van der Waals surface area contributed by atoms with Crippen molar-refractivity contribution in [2.45, 2.75) is 19.8 Å². The SMILES string of the molecule is CC1CC(=O)c2ccncc2C1. The van der Waals surface area contributed by atoms with Crippen LogP contribution in [0.3, 0.4) is 0 Å². The van der Waals surface area contributed by atoms with Gasteiger partial charge in [-0.1, -0.05) is 6.92 Å². The van der Waals surface area contributed by atoms with Gasteiger partial charge >= 0.3 is 0 Å². The molecule has 1 aliphatic carbocycles. The molecule has 2 rings (SSSR count). The zero-order valence-corrected chi connectivity index (χ0v) is 7.08. The van der Waals surface area contributed by atoms with E-state index >= 15 is 0 Å². The predicted octanol–water partition coefficient (Wildman–Crippen LogP) is 1.85. The largest absolute Gasteiger partial charge is 0.294 e. The van der Waals surface area contributed by atoms with Crippen molar-refractivity contribution in [3.8, 4) is 0 Å². The summed E-state index contributed by atoms with van der Waals surface area (Å²) in [6, 6.07) is 1.82. The average Bonchev–Trinajstić information content (AvgIpc) is 2.04. The lowest BCUT2D eigenvalue weighted by Crippen LogP contribution is -2.17. The third kappa shape index (κ3) is 1.13. The Morgan fingerprint density at radius 2 is 2.33 bits per heavy atom. The van der Waals surface area contributed by atoms with Crippen molar-refractivity contribution in [1.82, 2.24) is 4.98 Å². The quantitative estimate of drug-likeness (QED) is 0.581. The Hall–Kier alpha value is -1.18. The lowest BCUT2D eigenvalue weighted by atomic mass is 9.85. The highest BCUT2D eigenvalue weighted by Crippen LogP contribution is 2.23. The second-order valence-corrected chi connectivity index (χ2v) is 3.47. The Morgan fingerprint density at radius 1 is 1.50 bits per heavy atom. The summed E-state index contributed by atoms with van der Waals surface area (Å²) in [4.78, 5) is 15.5. The second kappa shape index (κ2) is 2.70. The molecule has 0 aliphatic heterocycles. The molecule has 2 heteroatoms. The van der Waals surface area contributed by atoms with E-state index in [4.69, 9.17) is 0 Å². The summed E-state index contributed by atoms with van der Waals surface area (Å²) in [5.41, 5.74) is 1.99. The molecule has 0 bridgehead atoms. The van der Waals surface area contributed by atoms with Gasteiger partial charge in [0.2, 0.25) is 0 Å². The number of carbonyl (C=O) groups excluding carboxylic acids is 1. The number of carbonyl (C=O) groups is 1. The molecule has 1 heterocycles. The fourth-order valence-corrected chi connectivity index (χ4v) is 1.74. The monoisotopic (exact) mass is 161 g/mol. The molecule has 0 aromatic carbocycles. The highest BCUT2D eigenvalue weighted by atomic mass is 16.1. The first-order valence-electron chi connectivity index (χ1n) is 4.23. The first kappa shape index (κ1) is 7.47. The Kier molecular flexibility index (Phi) is 1.68. The van der Waals surface area contributed by atoms with Crippen LogP contribution in [0.25, 0.3) is 0 Å². The van der Waals surface area contributed by atoms with Gasteiger partial charge in [0, 0.05) is 24.4 Å². The number of Topliss-reactive ketones (excluding diaryl/α,β-unsaturated/α-hetero) is 1. The number of nitrogens with zero attached hydrogens (tertiary/aromatic N) is 1. The van der Waals surface area contributed by atoms with Gasteiger partial charge in [0.15, 0.2) is 5.78 Å². The lowest BCUT2D eigenvalue weighted by molar-refractivity contribution is 0.0953. The number of hydrogen-bond donors (Lipinski definition) is 0. The molecular formula is C10H11NO. The zero-order valence-electron chi connectivity index (χ0n) is 7.08. The van der Waals surface area contributed by atoms with Gasteiger partial charge < -0.3 is 0 Å². The van der Waals surface area contributed by atoms with Crippen LogP contribution >= 0.6 is 0 Å². The Labute approximate surface area is 71.6 Å². The summed E-state index contributed by atoms with van der Waals surface area (Å²) >= 11 is 0. The van der Waals surface area contributed by atoms with Crippen LogP contribution in [0.2, 0.25) is 0 Å². The van der Waals surface area contributed by atoms with E-state index in [-0.39, 0.29) is 5.78 Å². The molecule has 12 heavy (non-hydrogen) atoms. The first-order valence-corrected chi connectivity index (χ1v) is 4.23. The average molecular weight is 161 g/mol. The normalized spacial score (nSPS) is 22.1. The molecule has 1 aromatic heterocycles. The van der Waals surface area contributed by atoms with Gasteiger partial charge in [-0.05, 0) is 24.0 Å². The predicted molar refractivity (Wildman–Crippen MR) is 46.1 cm³/mol. The van der Waals surface area contributed by atoms with Gasteiger partial charge in [-0.3, -0.25) is 9.78 Å². The summed E-state index contributed by atoms with van der Waals surface area (Å²) < 4.78 is 0. The third-order valence-electron chi connectivity index (χ3n) is 2.31. The third-order valence-corrected chi connectivity index (χ3v) is 2.31. The van der Waals surface area contributed by atoms with Crippen molar-refractivity contribution in [3.63, 3.8) is 0 Å². The lowest BCUT2D eigenvalue weighted by Gasteiger charge is -2.18. The fraction of sp³-hybridized carbons (Fsp3) is 0.400. The summed E-state index contributed by atoms with van der Waals surface area (Å²) in [6.07, 6.45) is 5.18. The molecular weight excluding hydrogens is 150 g/mol. The topological polar surface area (TPSA) is 30.0 Å². The Balaban J connectivity index is 2.47. The highest BCUT2D eigenvalue weighted by molar-refractivity contribution is 5.98. The Bertz CT molecular complexity index is 319.